The summed E-state index contributed by atoms with van der Waals surface area (Å²) < 4.78 is 19.3. The van der Waals surface area contributed by atoms with Gasteiger partial charge in [-0.25, -0.2) is 4.39 Å². The van der Waals surface area contributed by atoms with Crippen LogP contribution in [0.4, 0.5) is 4.39 Å². The first-order chi connectivity index (χ1) is 8.58. The van der Waals surface area contributed by atoms with Crippen molar-refractivity contribution in [2.75, 3.05) is 7.11 Å². The van der Waals surface area contributed by atoms with Crippen LogP contribution in [-0.4, -0.2) is 7.11 Å². The second-order valence-electron chi connectivity index (χ2n) is 4.72. The molecule has 3 nitrogen and oxygen atoms in total. The number of hydrogen-bond donors (Lipinski definition) is 0. The molecule has 0 saturated heterocycles. The van der Waals surface area contributed by atoms with Crippen LogP contribution < -0.4 is 4.74 Å². The third-order valence-corrected chi connectivity index (χ3v) is 3.79. The van der Waals surface area contributed by atoms with Gasteiger partial charge in [0.1, 0.15) is 5.92 Å². The van der Waals surface area contributed by atoms with Crippen LogP contribution >= 0.6 is 0 Å². The predicted octanol–water partition coefficient (Wildman–Crippen LogP) is 2.70. The average molecular weight is 244 g/mol. The number of benzene rings is 1. The zero-order chi connectivity index (χ0) is 13.3. The van der Waals surface area contributed by atoms with Crippen molar-refractivity contribution in [2.45, 2.75) is 25.2 Å². The molecule has 0 heterocycles. The first kappa shape index (κ1) is 12.4. The molecular formula is C14H13FN2O. The zero-order valence-corrected chi connectivity index (χ0v) is 10.3. The fraction of sp³-hybridized carbons (Fsp3) is 0.429. The van der Waals surface area contributed by atoms with Crippen LogP contribution in [0.15, 0.2) is 12.1 Å². The summed E-state index contributed by atoms with van der Waals surface area (Å²) in [4.78, 5) is 0. The number of hydrogen-bond acceptors (Lipinski definition) is 3. The molecule has 1 unspecified atom stereocenters. The SMILES string of the molecule is COc1ccc2c(c1F)C(C)(C(C#N)C#N)CC2. The Morgan fingerprint density at radius 2 is 2.06 bits per heavy atom. The highest BCUT2D eigenvalue weighted by atomic mass is 19.1. The minimum atomic E-state index is -0.847. The summed E-state index contributed by atoms with van der Waals surface area (Å²) in [5.41, 5.74) is 0.582. The summed E-state index contributed by atoms with van der Waals surface area (Å²) in [5, 5.41) is 18.1. The van der Waals surface area contributed by atoms with E-state index in [-0.39, 0.29) is 5.75 Å². The Labute approximate surface area is 105 Å². The summed E-state index contributed by atoms with van der Waals surface area (Å²) in [5.74, 6) is -1.12. The van der Waals surface area contributed by atoms with Crippen LogP contribution in [0.2, 0.25) is 0 Å². The van der Waals surface area contributed by atoms with Crippen molar-refractivity contribution >= 4 is 0 Å². The van der Waals surface area contributed by atoms with Crippen molar-refractivity contribution in [3.05, 3.63) is 29.1 Å². The standard InChI is InChI=1S/C14H13FN2O/c1-14(10(7-16)8-17)6-5-9-3-4-11(18-2)13(15)12(9)14/h3-4,10H,5-6H2,1-2H3. The molecule has 0 bridgehead atoms. The lowest BCUT2D eigenvalue weighted by molar-refractivity contribution is 0.362. The molecule has 18 heavy (non-hydrogen) atoms. The first-order valence-electron chi connectivity index (χ1n) is 5.73. The minimum Gasteiger partial charge on any atom is -0.494 e. The number of fused-ring (bicyclic) bond motifs is 1. The van der Waals surface area contributed by atoms with Crippen molar-refractivity contribution < 1.29 is 9.13 Å². The van der Waals surface area contributed by atoms with Gasteiger partial charge in [-0.15, -0.1) is 0 Å². The molecule has 92 valence electrons. The third kappa shape index (κ3) is 1.54. The molecule has 1 aliphatic rings. The lowest BCUT2D eigenvalue weighted by Crippen LogP contribution is -2.28. The topological polar surface area (TPSA) is 56.8 Å². The second-order valence-corrected chi connectivity index (χ2v) is 4.72. The molecule has 0 spiro atoms. The number of methoxy groups -OCH3 is 1. The van der Waals surface area contributed by atoms with Gasteiger partial charge in [-0.3, -0.25) is 0 Å². The van der Waals surface area contributed by atoms with Crippen LogP contribution in [-0.2, 0) is 11.8 Å². The highest BCUT2D eigenvalue weighted by Crippen LogP contribution is 2.46. The van der Waals surface area contributed by atoms with E-state index >= 15 is 0 Å². The summed E-state index contributed by atoms with van der Waals surface area (Å²) in [6, 6.07) is 7.35. The Hall–Kier alpha value is -2.07. The largest absolute Gasteiger partial charge is 0.494 e. The van der Waals surface area contributed by atoms with Crippen LogP contribution in [0, 0.1) is 34.4 Å². The maximum absolute atomic E-state index is 14.4. The molecule has 1 atom stereocenters. The molecule has 4 heteroatoms. The van der Waals surface area contributed by atoms with E-state index in [1.165, 1.54) is 7.11 Å². The fourth-order valence-corrected chi connectivity index (χ4v) is 2.70. The molecular weight excluding hydrogens is 231 g/mol. The van der Waals surface area contributed by atoms with Gasteiger partial charge in [0.15, 0.2) is 11.6 Å². The maximum Gasteiger partial charge on any atom is 0.169 e. The van der Waals surface area contributed by atoms with Crippen LogP contribution in [0.5, 0.6) is 5.75 Å². The van der Waals surface area contributed by atoms with Gasteiger partial charge in [0.25, 0.3) is 0 Å². The molecule has 1 aliphatic carbocycles. The van der Waals surface area contributed by atoms with Crippen molar-refractivity contribution in [1.82, 2.24) is 0 Å². The van der Waals surface area contributed by atoms with Crippen LogP contribution in [0.25, 0.3) is 0 Å². The van der Waals surface area contributed by atoms with E-state index in [0.717, 1.165) is 5.56 Å². The van der Waals surface area contributed by atoms with Gasteiger partial charge in [-0.2, -0.15) is 10.5 Å². The Kier molecular flexibility index (Phi) is 2.97. The lowest BCUT2D eigenvalue weighted by atomic mass is 9.73. The van der Waals surface area contributed by atoms with E-state index in [1.54, 1.807) is 13.0 Å². The number of nitriles is 2. The van der Waals surface area contributed by atoms with Crippen molar-refractivity contribution in [2.24, 2.45) is 5.92 Å². The third-order valence-electron chi connectivity index (χ3n) is 3.79. The van der Waals surface area contributed by atoms with Crippen molar-refractivity contribution in [3.63, 3.8) is 0 Å². The Bertz CT molecular complexity index is 556. The number of aryl methyl sites for hydroxylation is 1. The number of rotatable bonds is 2. The van der Waals surface area contributed by atoms with Gasteiger partial charge in [-0.05, 0) is 24.5 Å². The van der Waals surface area contributed by atoms with Gasteiger partial charge in [0.2, 0.25) is 0 Å². The van der Waals surface area contributed by atoms with Gasteiger partial charge in [0.05, 0.1) is 19.2 Å². The molecule has 0 saturated carbocycles. The summed E-state index contributed by atoms with van der Waals surface area (Å²) >= 11 is 0. The number of ether oxygens (including phenoxy) is 1. The average Bonchev–Trinajstić information content (AvgIpc) is 2.71. The molecule has 1 aromatic carbocycles. The minimum absolute atomic E-state index is 0.163. The normalized spacial score (nSPS) is 21.2. The highest BCUT2D eigenvalue weighted by molar-refractivity contribution is 5.47. The molecule has 0 radical (unpaired) electrons. The summed E-state index contributed by atoms with van der Waals surface area (Å²) in [7, 11) is 1.41. The fourth-order valence-electron chi connectivity index (χ4n) is 2.70. The van der Waals surface area contributed by atoms with E-state index < -0.39 is 17.2 Å². The quantitative estimate of drug-likeness (QED) is 0.803. The van der Waals surface area contributed by atoms with Gasteiger partial charge in [-0.1, -0.05) is 13.0 Å². The molecule has 2 rings (SSSR count). The van der Waals surface area contributed by atoms with E-state index in [2.05, 4.69) is 0 Å². The van der Waals surface area contributed by atoms with Gasteiger partial charge >= 0.3 is 0 Å². The maximum atomic E-state index is 14.4. The summed E-state index contributed by atoms with van der Waals surface area (Å²) in [6.07, 6.45) is 1.30. The van der Waals surface area contributed by atoms with E-state index in [0.29, 0.717) is 18.4 Å². The molecule has 0 N–H and O–H groups in total. The van der Waals surface area contributed by atoms with Crippen molar-refractivity contribution in [3.8, 4) is 17.9 Å². The van der Waals surface area contributed by atoms with Crippen LogP contribution in [0.1, 0.15) is 24.5 Å². The molecule has 0 aromatic heterocycles. The smallest absolute Gasteiger partial charge is 0.169 e. The molecule has 1 aromatic rings. The monoisotopic (exact) mass is 244 g/mol. The molecule has 0 fully saturated rings. The number of nitrogens with zero attached hydrogens (tertiary/aromatic N) is 2. The zero-order valence-electron chi connectivity index (χ0n) is 10.3. The molecule has 0 aliphatic heterocycles. The highest BCUT2D eigenvalue weighted by Gasteiger charge is 2.44. The van der Waals surface area contributed by atoms with Crippen LogP contribution in [0.3, 0.4) is 0 Å². The Morgan fingerprint density at radius 1 is 1.39 bits per heavy atom. The molecule has 0 amide bonds. The van der Waals surface area contributed by atoms with E-state index in [9.17, 15) is 4.39 Å². The Morgan fingerprint density at radius 3 is 2.61 bits per heavy atom. The number of halogens is 1. The van der Waals surface area contributed by atoms with Crippen molar-refractivity contribution in [1.29, 1.82) is 10.5 Å². The van der Waals surface area contributed by atoms with Gasteiger partial charge < -0.3 is 4.74 Å². The first-order valence-corrected chi connectivity index (χ1v) is 5.73. The lowest BCUT2D eigenvalue weighted by Gasteiger charge is -2.26. The van der Waals surface area contributed by atoms with E-state index in [1.807, 2.05) is 18.2 Å². The second kappa shape index (κ2) is 4.31. The summed E-state index contributed by atoms with van der Waals surface area (Å²) in [6.45, 7) is 1.78. The predicted molar refractivity (Wildman–Crippen MR) is 63.3 cm³/mol. The van der Waals surface area contributed by atoms with Gasteiger partial charge in [0, 0.05) is 11.0 Å². The van der Waals surface area contributed by atoms with E-state index in [4.69, 9.17) is 15.3 Å². The Balaban J connectivity index is 2.64.